The van der Waals surface area contributed by atoms with Gasteiger partial charge in [-0.05, 0) is 49.9 Å². The van der Waals surface area contributed by atoms with Gasteiger partial charge in [-0.1, -0.05) is 49.7 Å². The van der Waals surface area contributed by atoms with Crippen molar-refractivity contribution in [1.29, 1.82) is 0 Å². The molecule has 0 aliphatic rings. The third kappa shape index (κ3) is 6.41. The molecular formula is C27H32N2O5. The van der Waals surface area contributed by atoms with Crippen LogP contribution in [0.25, 0.3) is 10.8 Å². The number of ether oxygens (including phenoxy) is 2. The minimum Gasteiger partial charge on any atom is -0.506 e. The fourth-order valence-electron chi connectivity index (χ4n) is 3.54. The van der Waals surface area contributed by atoms with E-state index >= 15 is 0 Å². The summed E-state index contributed by atoms with van der Waals surface area (Å²) < 4.78 is 11.0. The monoisotopic (exact) mass is 464 g/mol. The zero-order chi connectivity index (χ0) is 24.7. The highest BCUT2D eigenvalue weighted by Crippen LogP contribution is 2.33. The number of aryl methyl sites for hydroxylation is 2. The van der Waals surface area contributed by atoms with Crippen molar-refractivity contribution in [2.45, 2.75) is 34.1 Å². The number of carbonyl (C=O) groups excluding carboxylic acids is 2. The highest BCUT2D eigenvalue weighted by atomic mass is 16.5. The molecule has 7 nitrogen and oxygen atoms in total. The Hall–Kier alpha value is -3.74. The molecule has 3 aromatic carbocycles. The molecular weight excluding hydrogens is 432 g/mol. The van der Waals surface area contributed by atoms with Gasteiger partial charge in [0.25, 0.3) is 5.91 Å². The Morgan fingerprint density at radius 2 is 1.82 bits per heavy atom. The maximum Gasteiger partial charge on any atom is 0.411 e. The lowest BCUT2D eigenvalue weighted by atomic mass is 10.0. The van der Waals surface area contributed by atoms with Crippen LogP contribution >= 0.6 is 0 Å². The number of aromatic hydroxyl groups is 1. The zero-order valence-electron chi connectivity index (χ0n) is 20.1. The number of hydrogen-bond donors (Lipinski definition) is 3. The van der Waals surface area contributed by atoms with Crippen molar-refractivity contribution < 1.29 is 24.2 Å². The van der Waals surface area contributed by atoms with Gasteiger partial charge in [-0.25, -0.2) is 4.79 Å². The van der Waals surface area contributed by atoms with Crippen LogP contribution in [-0.4, -0.2) is 36.9 Å². The lowest BCUT2D eigenvalue weighted by Crippen LogP contribution is -2.25. The Morgan fingerprint density at radius 1 is 1.03 bits per heavy atom. The molecule has 0 bridgehead atoms. The first-order chi connectivity index (χ1) is 16.3. The number of phenolic OH excluding ortho intramolecular Hbond substituents is 1. The maximum absolute atomic E-state index is 12.6. The van der Waals surface area contributed by atoms with E-state index in [2.05, 4.69) is 16.7 Å². The van der Waals surface area contributed by atoms with Crippen molar-refractivity contribution in [3.05, 3.63) is 65.2 Å². The molecule has 3 rings (SSSR count). The summed E-state index contributed by atoms with van der Waals surface area (Å²) in [6.45, 7) is 9.12. The number of fused-ring (bicyclic) bond motifs is 1. The molecule has 0 saturated carbocycles. The van der Waals surface area contributed by atoms with E-state index in [4.69, 9.17) is 9.47 Å². The number of amides is 2. The Bertz CT molecular complexity index is 1170. The van der Waals surface area contributed by atoms with Gasteiger partial charge >= 0.3 is 6.09 Å². The first kappa shape index (κ1) is 24.9. The molecule has 0 spiro atoms. The second-order valence-electron chi connectivity index (χ2n) is 8.71. The Balaban J connectivity index is 1.59. The van der Waals surface area contributed by atoms with E-state index in [0.717, 1.165) is 11.3 Å². The van der Waals surface area contributed by atoms with E-state index in [-0.39, 0.29) is 23.1 Å². The van der Waals surface area contributed by atoms with Gasteiger partial charge < -0.3 is 19.9 Å². The van der Waals surface area contributed by atoms with Gasteiger partial charge in [-0.3, -0.25) is 10.1 Å². The molecule has 0 saturated heterocycles. The van der Waals surface area contributed by atoms with E-state index in [1.54, 1.807) is 30.3 Å². The van der Waals surface area contributed by atoms with Gasteiger partial charge in [-0.15, -0.1) is 0 Å². The normalized spacial score (nSPS) is 10.9. The average Bonchev–Trinajstić information content (AvgIpc) is 2.79. The lowest BCUT2D eigenvalue weighted by Gasteiger charge is -2.13. The number of carbonyl (C=O) groups is 2. The number of rotatable bonds is 9. The summed E-state index contributed by atoms with van der Waals surface area (Å²) in [5, 5.41) is 17.3. The summed E-state index contributed by atoms with van der Waals surface area (Å²) in [5.41, 5.74) is 2.92. The predicted octanol–water partition coefficient (Wildman–Crippen LogP) is 5.57. The van der Waals surface area contributed by atoms with Crippen LogP contribution in [0.3, 0.4) is 0 Å². The van der Waals surface area contributed by atoms with Crippen molar-refractivity contribution >= 4 is 28.5 Å². The predicted molar refractivity (Wildman–Crippen MR) is 134 cm³/mol. The van der Waals surface area contributed by atoms with Crippen LogP contribution in [0.5, 0.6) is 11.5 Å². The molecule has 0 radical (unpaired) electrons. The van der Waals surface area contributed by atoms with Crippen LogP contribution in [-0.2, 0) is 4.74 Å². The second-order valence-corrected chi connectivity index (χ2v) is 8.71. The van der Waals surface area contributed by atoms with Crippen LogP contribution in [0.2, 0.25) is 0 Å². The molecule has 0 unspecified atom stereocenters. The molecule has 0 atom stereocenters. The third-order valence-electron chi connectivity index (χ3n) is 5.26. The van der Waals surface area contributed by atoms with Crippen LogP contribution in [0.15, 0.2) is 48.5 Å². The summed E-state index contributed by atoms with van der Waals surface area (Å²) in [4.78, 5) is 24.7. The molecule has 34 heavy (non-hydrogen) atoms. The van der Waals surface area contributed by atoms with Gasteiger partial charge in [-0.2, -0.15) is 0 Å². The zero-order valence-corrected chi connectivity index (χ0v) is 20.1. The van der Waals surface area contributed by atoms with E-state index in [9.17, 15) is 14.7 Å². The van der Waals surface area contributed by atoms with Crippen LogP contribution in [0.4, 0.5) is 10.5 Å². The number of nitrogens with one attached hydrogen (secondary N) is 2. The van der Waals surface area contributed by atoms with Crippen molar-refractivity contribution in [1.82, 2.24) is 5.32 Å². The second kappa shape index (κ2) is 11.4. The van der Waals surface area contributed by atoms with Gasteiger partial charge in [0.15, 0.2) is 0 Å². The van der Waals surface area contributed by atoms with Crippen LogP contribution < -0.4 is 15.4 Å². The largest absolute Gasteiger partial charge is 0.506 e. The van der Waals surface area contributed by atoms with Crippen molar-refractivity contribution in [2.24, 2.45) is 5.92 Å². The van der Waals surface area contributed by atoms with E-state index in [0.29, 0.717) is 42.6 Å². The molecule has 2 amide bonds. The van der Waals surface area contributed by atoms with Crippen molar-refractivity contribution in [2.75, 3.05) is 25.1 Å². The lowest BCUT2D eigenvalue weighted by molar-refractivity contribution is 0.0949. The van der Waals surface area contributed by atoms with Crippen molar-refractivity contribution in [3.63, 3.8) is 0 Å². The first-order valence-electron chi connectivity index (χ1n) is 11.4. The summed E-state index contributed by atoms with van der Waals surface area (Å²) in [5.74, 6) is 0.546. The van der Waals surface area contributed by atoms with Crippen LogP contribution in [0.1, 0.15) is 41.8 Å². The van der Waals surface area contributed by atoms with E-state index in [1.165, 1.54) is 5.56 Å². The smallest absolute Gasteiger partial charge is 0.411 e. The van der Waals surface area contributed by atoms with Crippen LogP contribution in [0, 0.1) is 19.8 Å². The SMILES string of the molecule is Cc1ccc(OCCCNC(=O)c2ccc3c(NC(=O)OCC(C)C)cccc3c2O)c(C)c1. The van der Waals surface area contributed by atoms with E-state index < -0.39 is 6.09 Å². The molecule has 0 fully saturated rings. The summed E-state index contributed by atoms with van der Waals surface area (Å²) in [7, 11) is 0. The topological polar surface area (TPSA) is 96.9 Å². The minimum atomic E-state index is -0.564. The summed E-state index contributed by atoms with van der Waals surface area (Å²) >= 11 is 0. The van der Waals surface area contributed by atoms with Gasteiger partial charge in [0, 0.05) is 17.3 Å². The summed E-state index contributed by atoms with van der Waals surface area (Å²) in [6, 6.07) is 14.4. The number of phenols is 1. The van der Waals surface area contributed by atoms with Gasteiger partial charge in [0.05, 0.1) is 24.5 Å². The quantitative estimate of drug-likeness (QED) is 0.360. The number of benzene rings is 3. The van der Waals surface area contributed by atoms with Gasteiger partial charge in [0.2, 0.25) is 0 Å². The fourth-order valence-corrected chi connectivity index (χ4v) is 3.54. The molecule has 180 valence electrons. The van der Waals surface area contributed by atoms with Gasteiger partial charge in [0.1, 0.15) is 11.5 Å². The standard InChI is InChI=1S/C27H32N2O5/c1-17(2)16-34-27(32)29-23-8-5-7-21-20(23)10-11-22(25(21)30)26(31)28-13-6-14-33-24-12-9-18(3)15-19(24)4/h5,7-12,15,17,30H,6,13-14,16H2,1-4H3,(H,28,31)(H,29,32). The molecule has 0 aliphatic heterocycles. The molecule has 0 heterocycles. The third-order valence-corrected chi connectivity index (χ3v) is 5.26. The number of anilines is 1. The maximum atomic E-state index is 12.6. The Labute approximate surface area is 200 Å². The molecule has 0 aliphatic carbocycles. The van der Waals surface area contributed by atoms with Crippen molar-refractivity contribution in [3.8, 4) is 11.5 Å². The first-order valence-corrected chi connectivity index (χ1v) is 11.4. The molecule has 7 heteroatoms. The highest BCUT2D eigenvalue weighted by Gasteiger charge is 2.16. The fraction of sp³-hybridized carbons (Fsp3) is 0.333. The highest BCUT2D eigenvalue weighted by molar-refractivity contribution is 6.08. The van der Waals surface area contributed by atoms with E-state index in [1.807, 2.05) is 39.8 Å². The summed E-state index contributed by atoms with van der Waals surface area (Å²) in [6.07, 6.45) is 0.0607. The molecule has 3 aromatic rings. The average molecular weight is 465 g/mol. The minimum absolute atomic E-state index is 0.138. The molecule has 3 N–H and O–H groups in total. The Morgan fingerprint density at radius 3 is 2.56 bits per heavy atom. The number of hydrogen-bond acceptors (Lipinski definition) is 5. The molecule has 0 aromatic heterocycles. The Kier molecular flexibility index (Phi) is 8.35.